The highest BCUT2D eigenvalue weighted by molar-refractivity contribution is 7.80. The van der Waals surface area contributed by atoms with E-state index in [2.05, 4.69) is 0 Å². The predicted octanol–water partition coefficient (Wildman–Crippen LogP) is 0.771. The minimum Gasteiger partial charge on any atom is -0.389 e. The molecule has 1 aromatic carbocycles. The average molecular weight is 267 g/mol. The van der Waals surface area contributed by atoms with Crippen molar-refractivity contribution < 1.29 is 9.18 Å². The lowest BCUT2D eigenvalue weighted by molar-refractivity contribution is -0.121. The minimum atomic E-state index is -0.384. The highest BCUT2D eigenvalue weighted by Gasteiger charge is 2.28. The monoisotopic (exact) mass is 267 g/mol. The van der Waals surface area contributed by atoms with Crippen LogP contribution < -0.4 is 16.4 Å². The first-order valence-electron chi connectivity index (χ1n) is 5.62. The van der Waals surface area contributed by atoms with Gasteiger partial charge in [0.2, 0.25) is 5.91 Å². The summed E-state index contributed by atoms with van der Waals surface area (Å²) in [6.45, 7) is 1.08. The summed E-state index contributed by atoms with van der Waals surface area (Å²) in [6.07, 6.45) is 0.659. The van der Waals surface area contributed by atoms with Gasteiger partial charge in [-0.15, -0.1) is 0 Å². The third-order valence-electron chi connectivity index (χ3n) is 3.16. The van der Waals surface area contributed by atoms with Crippen molar-refractivity contribution in [3.63, 3.8) is 0 Å². The second-order valence-electron chi connectivity index (χ2n) is 4.36. The van der Waals surface area contributed by atoms with E-state index in [0.29, 0.717) is 30.8 Å². The molecular formula is C12H14FN3OS. The standard InChI is InChI=1S/C12H14FN3OS/c13-9-5-7(12(15)18)1-2-10(9)16-4-3-8(6-16)11(14)17/h1-2,5,8H,3-4,6H2,(H2,14,17)(H2,15,18). The molecular weight excluding hydrogens is 253 g/mol. The molecule has 0 spiro atoms. The molecule has 1 aliphatic rings. The van der Waals surface area contributed by atoms with Gasteiger partial charge in [-0.25, -0.2) is 4.39 Å². The van der Waals surface area contributed by atoms with Gasteiger partial charge in [-0.2, -0.15) is 0 Å². The van der Waals surface area contributed by atoms with Gasteiger partial charge in [-0.05, 0) is 24.6 Å². The largest absolute Gasteiger partial charge is 0.389 e. The molecule has 1 aromatic rings. The number of benzene rings is 1. The van der Waals surface area contributed by atoms with Crippen LogP contribution in [0.2, 0.25) is 0 Å². The van der Waals surface area contributed by atoms with Crippen LogP contribution in [0.5, 0.6) is 0 Å². The first-order chi connectivity index (χ1) is 8.49. The van der Waals surface area contributed by atoms with Gasteiger partial charge in [0.25, 0.3) is 0 Å². The number of hydrogen-bond acceptors (Lipinski definition) is 3. The molecule has 0 aromatic heterocycles. The third kappa shape index (κ3) is 2.43. The Morgan fingerprint density at radius 1 is 1.44 bits per heavy atom. The molecule has 96 valence electrons. The zero-order chi connectivity index (χ0) is 13.3. The van der Waals surface area contributed by atoms with Crippen LogP contribution in [-0.4, -0.2) is 24.0 Å². The number of carbonyl (C=O) groups is 1. The van der Waals surface area contributed by atoms with Crippen LogP contribution in [0.25, 0.3) is 0 Å². The van der Waals surface area contributed by atoms with Gasteiger partial charge in [0.05, 0.1) is 11.6 Å². The summed E-state index contributed by atoms with van der Waals surface area (Å²) < 4.78 is 13.9. The van der Waals surface area contributed by atoms with Gasteiger partial charge < -0.3 is 16.4 Å². The number of thiocarbonyl (C=S) groups is 1. The summed E-state index contributed by atoms with van der Waals surface area (Å²) in [5, 5.41) is 0. The van der Waals surface area contributed by atoms with E-state index in [1.54, 1.807) is 12.1 Å². The highest BCUT2D eigenvalue weighted by atomic mass is 32.1. The Morgan fingerprint density at radius 2 is 2.17 bits per heavy atom. The molecule has 1 heterocycles. The Balaban J connectivity index is 2.20. The van der Waals surface area contributed by atoms with Crippen LogP contribution in [-0.2, 0) is 4.79 Å². The fourth-order valence-corrected chi connectivity index (χ4v) is 2.25. The number of carbonyl (C=O) groups excluding carboxylic acids is 1. The molecule has 1 aliphatic heterocycles. The summed E-state index contributed by atoms with van der Waals surface area (Å²) in [6, 6.07) is 4.63. The molecule has 1 amide bonds. The van der Waals surface area contributed by atoms with E-state index in [4.69, 9.17) is 23.7 Å². The van der Waals surface area contributed by atoms with E-state index in [1.807, 2.05) is 4.90 Å². The molecule has 18 heavy (non-hydrogen) atoms. The fourth-order valence-electron chi connectivity index (χ4n) is 2.13. The fraction of sp³-hybridized carbons (Fsp3) is 0.333. The number of halogens is 1. The Labute approximate surface area is 110 Å². The quantitative estimate of drug-likeness (QED) is 0.794. The van der Waals surface area contributed by atoms with Crippen molar-refractivity contribution in [3.8, 4) is 0 Å². The maximum Gasteiger partial charge on any atom is 0.222 e. The molecule has 1 atom stereocenters. The van der Waals surface area contributed by atoms with Gasteiger partial charge in [-0.3, -0.25) is 4.79 Å². The second kappa shape index (κ2) is 4.89. The first-order valence-corrected chi connectivity index (χ1v) is 6.03. The van der Waals surface area contributed by atoms with Crippen molar-refractivity contribution in [2.75, 3.05) is 18.0 Å². The molecule has 1 saturated heterocycles. The Hall–Kier alpha value is -1.69. The van der Waals surface area contributed by atoms with Gasteiger partial charge >= 0.3 is 0 Å². The van der Waals surface area contributed by atoms with Crippen LogP contribution in [0.3, 0.4) is 0 Å². The maximum atomic E-state index is 13.9. The summed E-state index contributed by atoms with van der Waals surface area (Å²) in [5.41, 5.74) is 11.6. The molecule has 1 unspecified atom stereocenters. The van der Waals surface area contributed by atoms with E-state index in [-0.39, 0.29) is 22.6 Å². The lowest BCUT2D eigenvalue weighted by Crippen LogP contribution is -2.27. The molecule has 4 N–H and O–H groups in total. The summed E-state index contributed by atoms with van der Waals surface area (Å²) in [7, 11) is 0. The molecule has 0 aliphatic carbocycles. The Bertz CT molecular complexity index is 506. The van der Waals surface area contributed by atoms with E-state index in [1.165, 1.54) is 6.07 Å². The van der Waals surface area contributed by atoms with Crippen LogP contribution in [0.4, 0.5) is 10.1 Å². The number of rotatable bonds is 3. The summed E-state index contributed by atoms with van der Waals surface area (Å²) in [4.78, 5) is 13.1. The molecule has 0 radical (unpaired) electrons. The molecule has 1 fully saturated rings. The topological polar surface area (TPSA) is 72.4 Å². The summed E-state index contributed by atoms with van der Waals surface area (Å²) >= 11 is 4.79. The van der Waals surface area contributed by atoms with Crippen molar-refractivity contribution >= 4 is 28.8 Å². The molecule has 6 heteroatoms. The van der Waals surface area contributed by atoms with Crippen molar-refractivity contribution in [2.24, 2.45) is 17.4 Å². The van der Waals surface area contributed by atoms with E-state index >= 15 is 0 Å². The number of hydrogen-bond donors (Lipinski definition) is 2. The van der Waals surface area contributed by atoms with Gasteiger partial charge in [0.15, 0.2) is 0 Å². The van der Waals surface area contributed by atoms with Crippen LogP contribution >= 0.6 is 12.2 Å². The smallest absolute Gasteiger partial charge is 0.222 e. The number of primary amides is 1. The Kier molecular flexibility index (Phi) is 3.47. The van der Waals surface area contributed by atoms with Crippen LogP contribution in [0.1, 0.15) is 12.0 Å². The van der Waals surface area contributed by atoms with Crippen molar-refractivity contribution in [3.05, 3.63) is 29.6 Å². The lowest BCUT2D eigenvalue weighted by Gasteiger charge is -2.19. The van der Waals surface area contributed by atoms with Crippen molar-refractivity contribution in [2.45, 2.75) is 6.42 Å². The van der Waals surface area contributed by atoms with Gasteiger partial charge in [0.1, 0.15) is 10.8 Å². The summed E-state index contributed by atoms with van der Waals surface area (Å²) in [5.74, 6) is -0.928. The average Bonchev–Trinajstić information content (AvgIpc) is 2.78. The SMILES string of the molecule is NC(=O)C1CCN(c2ccc(C(N)=S)cc2F)C1. The Morgan fingerprint density at radius 3 is 2.67 bits per heavy atom. The van der Waals surface area contributed by atoms with Crippen LogP contribution in [0, 0.1) is 11.7 Å². The minimum absolute atomic E-state index is 0.164. The van der Waals surface area contributed by atoms with E-state index < -0.39 is 0 Å². The third-order valence-corrected chi connectivity index (χ3v) is 3.40. The number of anilines is 1. The zero-order valence-electron chi connectivity index (χ0n) is 9.73. The van der Waals surface area contributed by atoms with Crippen molar-refractivity contribution in [1.82, 2.24) is 0 Å². The normalized spacial score (nSPS) is 18.9. The van der Waals surface area contributed by atoms with Crippen molar-refractivity contribution in [1.29, 1.82) is 0 Å². The predicted molar refractivity (Wildman–Crippen MR) is 71.8 cm³/mol. The van der Waals surface area contributed by atoms with E-state index in [0.717, 1.165) is 0 Å². The van der Waals surface area contributed by atoms with E-state index in [9.17, 15) is 9.18 Å². The van der Waals surface area contributed by atoms with Crippen LogP contribution in [0.15, 0.2) is 18.2 Å². The molecule has 4 nitrogen and oxygen atoms in total. The number of nitrogens with two attached hydrogens (primary N) is 2. The number of amides is 1. The highest BCUT2D eigenvalue weighted by Crippen LogP contribution is 2.26. The lowest BCUT2D eigenvalue weighted by atomic mass is 10.1. The second-order valence-corrected chi connectivity index (χ2v) is 4.80. The molecule has 2 rings (SSSR count). The molecule has 0 bridgehead atoms. The molecule has 0 saturated carbocycles. The zero-order valence-corrected chi connectivity index (χ0v) is 10.5. The first kappa shape index (κ1) is 12.8. The maximum absolute atomic E-state index is 13.9. The number of nitrogens with zero attached hydrogens (tertiary/aromatic N) is 1. The van der Waals surface area contributed by atoms with Gasteiger partial charge in [0, 0.05) is 18.7 Å². The van der Waals surface area contributed by atoms with Gasteiger partial charge in [-0.1, -0.05) is 12.2 Å².